The fraction of sp³-hybridized carbons (Fsp3) is 0.538. The molecule has 2 aromatic rings. The second-order valence-corrected chi connectivity index (χ2v) is 5.17. The van der Waals surface area contributed by atoms with E-state index in [1.807, 2.05) is 13.8 Å². The van der Waals surface area contributed by atoms with Crippen molar-refractivity contribution >= 4 is 17.8 Å². The van der Waals surface area contributed by atoms with E-state index in [1.54, 1.807) is 0 Å². The number of anilines is 3. The number of aryl methyl sites for hydroxylation is 2. The Kier molecular flexibility index (Phi) is 3.59. The van der Waals surface area contributed by atoms with Gasteiger partial charge in [-0.25, -0.2) is 0 Å². The van der Waals surface area contributed by atoms with E-state index < -0.39 is 0 Å². The molecule has 3 rings (SSSR count). The molecule has 0 bridgehead atoms. The van der Waals surface area contributed by atoms with Crippen molar-refractivity contribution in [2.75, 3.05) is 29.0 Å². The van der Waals surface area contributed by atoms with Gasteiger partial charge in [-0.3, -0.25) is 0 Å². The van der Waals surface area contributed by atoms with Gasteiger partial charge < -0.3 is 20.5 Å². The molecule has 1 aliphatic heterocycles. The maximum atomic E-state index is 5.78. The predicted molar refractivity (Wildman–Crippen MR) is 79.0 cm³/mol. The van der Waals surface area contributed by atoms with Gasteiger partial charge in [0.2, 0.25) is 17.8 Å². The molecule has 0 saturated carbocycles. The van der Waals surface area contributed by atoms with Crippen LogP contribution in [0, 0.1) is 13.8 Å². The Balaban J connectivity index is 1.76. The third-order valence-corrected chi connectivity index (χ3v) is 3.63. The maximum absolute atomic E-state index is 5.78. The summed E-state index contributed by atoms with van der Waals surface area (Å²) in [6.07, 6.45) is 2.32. The lowest BCUT2D eigenvalue weighted by Crippen LogP contribution is -2.22. The molecule has 1 aliphatic rings. The van der Waals surface area contributed by atoms with Gasteiger partial charge in [0.05, 0.1) is 5.69 Å². The molecular formula is C13H19N7O. The molecule has 3 heterocycles. The summed E-state index contributed by atoms with van der Waals surface area (Å²) in [6, 6.07) is 0. The summed E-state index contributed by atoms with van der Waals surface area (Å²) in [5.74, 6) is 2.14. The van der Waals surface area contributed by atoms with Crippen molar-refractivity contribution in [3.05, 3.63) is 17.0 Å². The minimum atomic E-state index is 0.230. The van der Waals surface area contributed by atoms with Crippen molar-refractivity contribution in [1.29, 1.82) is 0 Å². The van der Waals surface area contributed by atoms with Crippen molar-refractivity contribution in [1.82, 2.24) is 20.1 Å². The van der Waals surface area contributed by atoms with Crippen molar-refractivity contribution in [2.45, 2.75) is 33.2 Å². The largest absolute Gasteiger partial charge is 0.368 e. The second kappa shape index (κ2) is 5.55. The smallest absolute Gasteiger partial charge is 0.231 e. The molecule has 0 radical (unpaired) electrons. The highest BCUT2D eigenvalue weighted by Gasteiger charge is 2.17. The molecule has 21 heavy (non-hydrogen) atoms. The van der Waals surface area contributed by atoms with Crippen LogP contribution >= 0.6 is 0 Å². The Morgan fingerprint density at radius 1 is 1.19 bits per heavy atom. The minimum Gasteiger partial charge on any atom is -0.368 e. The molecule has 1 fully saturated rings. The van der Waals surface area contributed by atoms with Crippen LogP contribution in [0.4, 0.5) is 17.8 Å². The number of aromatic nitrogens is 4. The van der Waals surface area contributed by atoms with Crippen LogP contribution in [-0.4, -0.2) is 33.2 Å². The topological polar surface area (TPSA) is 106 Å². The van der Waals surface area contributed by atoms with Crippen molar-refractivity contribution in [3.63, 3.8) is 0 Å². The second-order valence-electron chi connectivity index (χ2n) is 5.17. The van der Waals surface area contributed by atoms with E-state index in [2.05, 4.69) is 30.3 Å². The molecule has 8 heteroatoms. The average molecular weight is 289 g/mol. The zero-order valence-corrected chi connectivity index (χ0v) is 12.3. The molecule has 0 unspecified atom stereocenters. The Morgan fingerprint density at radius 2 is 1.95 bits per heavy atom. The maximum Gasteiger partial charge on any atom is 0.231 e. The Bertz CT molecular complexity index is 614. The molecule has 0 atom stereocenters. The van der Waals surface area contributed by atoms with E-state index in [4.69, 9.17) is 10.3 Å². The quantitative estimate of drug-likeness (QED) is 0.866. The van der Waals surface area contributed by atoms with E-state index in [9.17, 15) is 0 Å². The monoisotopic (exact) mass is 289 g/mol. The third-order valence-electron chi connectivity index (χ3n) is 3.63. The van der Waals surface area contributed by atoms with Gasteiger partial charge in [-0.2, -0.15) is 15.0 Å². The lowest BCUT2D eigenvalue weighted by molar-refractivity contribution is 0.392. The van der Waals surface area contributed by atoms with Gasteiger partial charge in [0.25, 0.3) is 0 Å². The Hall–Kier alpha value is -2.38. The number of hydrogen-bond acceptors (Lipinski definition) is 8. The van der Waals surface area contributed by atoms with E-state index in [0.29, 0.717) is 18.4 Å². The zero-order valence-electron chi connectivity index (χ0n) is 12.3. The van der Waals surface area contributed by atoms with Crippen molar-refractivity contribution in [3.8, 4) is 0 Å². The summed E-state index contributed by atoms with van der Waals surface area (Å²) in [7, 11) is 0. The van der Waals surface area contributed by atoms with Crippen LogP contribution in [0.15, 0.2) is 4.52 Å². The van der Waals surface area contributed by atoms with Gasteiger partial charge >= 0.3 is 0 Å². The SMILES string of the molecule is Cc1noc(C)c1CNc1nc(N)nc(N2CCCC2)n1. The van der Waals surface area contributed by atoms with Crippen LogP contribution in [-0.2, 0) is 6.54 Å². The molecule has 0 amide bonds. The fourth-order valence-corrected chi connectivity index (χ4v) is 2.44. The minimum absolute atomic E-state index is 0.230. The lowest BCUT2D eigenvalue weighted by atomic mass is 10.2. The summed E-state index contributed by atoms with van der Waals surface area (Å²) >= 11 is 0. The first kappa shape index (κ1) is 13.6. The van der Waals surface area contributed by atoms with Crippen LogP contribution in [0.2, 0.25) is 0 Å². The number of nitrogen functional groups attached to an aromatic ring is 1. The number of nitrogens with zero attached hydrogens (tertiary/aromatic N) is 5. The molecule has 2 aromatic heterocycles. The van der Waals surface area contributed by atoms with Gasteiger partial charge in [0, 0.05) is 25.2 Å². The first-order valence-electron chi connectivity index (χ1n) is 7.05. The van der Waals surface area contributed by atoms with Crippen molar-refractivity contribution < 1.29 is 4.52 Å². The first-order chi connectivity index (χ1) is 10.1. The average Bonchev–Trinajstić information content (AvgIpc) is 3.08. The number of rotatable bonds is 4. The number of nitrogens with one attached hydrogen (secondary N) is 1. The van der Waals surface area contributed by atoms with Gasteiger partial charge in [-0.1, -0.05) is 5.16 Å². The molecule has 3 N–H and O–H groups in total. The number of nitrogens with two attached hydrogens (primary N) is 1. The van der Waals surface area contributed by atoms with E-state index in [0.717, 1.165) is 42.9 Å². The summed E-state index contributed by atoms with van der Waals surface area (Å²) < 4.78 is 5.14. The van der Waals surface area contributed by atoms with Crippen LogP contribution in [0.25, 0.3) is 0 Å². The molecule has 8 nitrogen and oxygen atoms in total. The Morgan fingerprint density at radius 3 is 2.62 bits per heavy atom. The molecule has 112 valence electrons. The van der Waals surface area contributed by atoms with Gasteiger partial charge in [-0.05, 0) is 26.7 Å². The van der Waals surface area contributed by atoms with Crippen LogP contribution in [0.3, 0.4) is 0 Å². The van der Waals surface area contributed by atoms with Gasteiger partial charge in [0.1, 0.15) is 5.76 Å². The molecular weight excluding hydrogens is 270 g/mol. The lowest BCUT2D eigenvalue weighted by Gasteiger charge is -2.16. The molecule has 0 aromatic carbocycles. The summed E-state index contributed by atoms with van der Waals surface area (Å²) in [6.45, 7) is 6.27. The normalized spacial score (nSPS) is 14.7. The van der Waals surface area contributed by atoms with Gasteiger partial charge in [-0.15, -0.1) is 0 Å². The Labute approximate surface area is 122 Å². The summed E-state index contributed by atoms with van der Waals surface area (Å²) in [4.78, 5) is 14.9. The summed E-state index contributed by atoms with van der Waals surface area (Å²) in [5.41, 5.74) is 7.65. The van der Waals surface area contributed by atoms with Crippen molar-refractivity contribution in [2.24, 2.45) is 0 Å². The summed E-state index contributed by atoms with van der Waals surface area (Å²) in [5, 5.41) is 7.09. The predicted octanol–water partition coefficient (Wildman–Crippen LogP) is 1.27. The van der Waals surface area contributed by atoms with E-state index in [1.165, 1.54) is 0 Å². The van der Waals surface area contributed by atoms with Crippen LogP contribution in [0.5, 0.6) is 0 Å². The van der Waals surface area contributed by atoms with E-state index >= 15 is 0 Å². The van der Waals surface area contributed by atoms with Gasteiger partial charge in [0.15, 0.2) is 0 Å². The fourth-order valence-electron chi connectivity index (χ4n) is 2.44. The zero-order chi connectivity index (χ0) is 14.8. The standard InChI is InChI=1S/C13H19N7O/c1-8-10(9(2)21-19-8)7-15-12-16-11(14)17-13(18-12)20-5-3-4-6-20/h3-7H2,1-2H3,(H3,14,15,16,17,18). The molecule has 1 saturated heterocycles. The van der Waals surface area contributed by atoms with E-state index in [-0.39, 0.29) is 5.95 Å². The molecule has 0 spiro atoms. The van der Waals surface area contributed by atoms with Crippen LogP contribution < -0.4 is 16.0 Å². The third kappa shape index (κ3) is 2.88. The molecule has 0 aliphatic carbocycles. The number of hydrogen-bond donors (Lipinski definition) is 2. The highest BCUT2D eigenvalue weighted by molar-refractivity contribution is 5.43. The highest BCUT2D eigenvalue weighted by Crippen LogP contribution is 2.19. The van der Waals surface area contributed by atoms with Crippen LogP contribution in [0.1, 0.15) is 29.9 Å². The highest BCUT2D eigenvalue weighted by atomic mass is 16.5. The first-order valence-corrected chi connectivity index (χ1v) is 7.05.